The molecule has 294 valence electrons. The molecule has 0 bridgehead atoms. The Bertz CT molecular complexity index is 2500. The van der Waals surface area contributed by atoms with E-state index in [1.54, 1.807) is 26.0 Å². The molecule has 13 nitrogen and oxygen atoms in total. The second kappa shape index (κ2) is 15.1. The van der Waals surface area contributed by atoms with Gasteiger partial charge in [0.1, 0.15) is 17.8 Å². The van der Waals surface area contributed by atoms with E-state index in [0.29, 0.717) is 58.7 Å². The number of carbonyl (C=O) groups excluding carboxylic acids is 3. The van der Waals surface area contributed by atoms with E-state index in [1.165, 1.54) is 11.9 Å². The fourth-order valence-electron chi connectivity index (χ4n) is 7.91. The molecule has 3 aromatic carbocycles. The van der Waals surface area contributed by atoms with Crippen LogP contribution in [0.5, 0.6) is 0 Å². The zero-order chi connectivity index (χ0) is 40.0. The summed E-state index contributed by atoms with van der Waals surface area (Å²) in [4.78, 5) is 53.3. The molecule has 2 aliphatic rings. The molecule has 0 spiro atoms. The lowest BCUT2D eigenvalue weighted by molar-refractivity contribution is -0.134. The van der Waals surface area contributed by atoms with Crippen LogP contribution in [0, 0.1) is 12.7 Å². The van der Waals surface area contributed by atoms with E-state index in [0.717, 1.165) is 53.5 Å². The zero-order valence-corrected chi connectivity index (χ0v) is 32.6. The first kappa shape index (κ1) is 37.9. The number of H-pyrrole nitrogens is 1. The van der Waals surface area contributed by atoms with Gasteiger partial charge in [-0.05, 0) is 79.5 Å². The van der Waals surface area contributed by atoms with Crippen molar-refractivity contribution in [3.05, 3.63) is 101 Å². The van der Waals surface area contributed by atoms with Crippen LogP contribution in [-0.4, -0.2) is 61.9 Å². The second-order valence-electron chi connectivity index (χ2n) is 16.3. The van der Waals surface area contributed by atoms with Crippen LogP contribution in [0.25, 0.3) is 33.2 Å². The predicted octanol–water partition coefficient (Wildman–Crippen LogP) is 6.87. The fraction of sp³-hybridized carbons (Fsp3) is 0.372. The van der Waals surface area contributed by atoms with Gasteiger partial charge in [-0.1, -0.05) is 62.3 Å². The Morgan fingerprint density at radius 1 is 1.02 bits per heavy atom. The largest absolute Gasteiger partial charge is 0.384 e. The smallest absolute Gasteiger partial charge is 0.293 e. The number of nitrogens with one attached hydrogen (secondary N) is 5. The van der Waals surface area contributed by atoms with Crippen LogP contribution in [0.15, 0.2) is 65.4 Å². The minimum Gasteiger partial charge on any atom is -0.384 e. The Kier molecular flexibility index (Phi) is 10.1. The third-order valence-electron chi connectivity index (χ3n) is 11.2. The number of fused-ring (bicyclic) bond motifs is 3. The number of amides is 3. The van der Waals surface area contributed by atoms with Gasteiger partial charge in [0.2, 0.25) is 17.7 Å². The molecule has 0 radical (unpaired) electrons. The molecule has 8 rings (SSSR count). The molecule has 6 aromatic rings. The van der Waals surface area contributed by atoms with E-state index in [2.05, 4.69) is 58.5 Å². The summed E-state index contributed by atoms with van der Waals surface area (Å²) < 4.78 is 21.5. The Morgan fingerprint density at radius 2 is 1.79 bits per heavy atom. The van der Waals surface area contributed by atoms with Crippen molar-refractivity contribution < 1.29 is 23.3 Å². The number of rotatable bonds is 11. The number of benzene rings is 3. The maximum atomic E-state index is 16.2. The fourth-order valence-corrected chi connectivity index (χ4v) is 7.91. The lowest BCUT2D eigenvalue weighted by atomic mass is 9.75. The van der Waals surface area contributed by atoms with Gasteiger partial charge in [-0.15, -0.1) is 0 Å². The van der Waals surface area contributed by atoms with Crippen LogP contribution in [0.3, 0.4) is 0 Å². The van der Waals surface area contributed by atoms with Crippen molar-refractivity contribution in [2.24, 2.45) is 0 Å². The lowest BCUT2D eigenvalue weighted by Crippen LogP contribution is -2.42. The maximum absolute atomic E-state index is 16.2. The number of aromatic amines is 1. The van der Waals surface area contributed by atoms with Crippen LogP contribution in [0.4, 0.5) is 10.1 Å². The van der Waals surface area contributed by atoms with Crippen molar-refractivity contribution in [2.45, 2.75) is 89.6 Å². The summed E-state index contributed by atoms with van der Waals surface area (Å²) in [7, 11) is 0. The van der Waals surface area contributed by atoms with Gasteiger partial charge in [0, 0.05) is 53.1 Å². The Balaban J connectivity index is 0.874. The van der Waals surface area contributed by atoms with E-state index in [4.69, 9.17) is 4.52 Å². The number of imide groups is 1. The van der Waals surface area contributed by atoms with E-state index in [1.807, 2.05) is 51.1 Å². The quantitative estimate of drug-likeness (QED) is 0.0690. The van der Waals surface area contributed by atoms with Gasteiger partial charge in [0.05, 0.1) is 23.0 Å². The Morgan fingerprint density at radius 3 is 2.53 bits per heavy atom. The number of hydrogen-bond acceptors (Lipinski definition) is 10. The van der Waals surface area contributed by atoms with Gasteiger partial charge in [0.15, 0.2) is 0 Å². The van der Waals surface area contributed by atoms with Crippen molar-refractivity contribution in [3.63, 3.8) is 0 Å². The molecule has 3 aromatic heterocycles. The van der Waals surface area contributed by atoms with Crippen LogP contribution in [0.2, 0.25) is 0 Å². The highest BCUT2D eigenvalue weighted by atomic mass is 19.1. The zero-order valence-electron chi connectivity index (χ0n) is 32.6. The van der Waals surface area contributed by atoms with E-state index >= 15 is 4.39 Å². The third-order valence-corrected chi connectivity index (χ3v) is 11.2. The number of carbonyl (C=O) groups is 3. The molecule has 5 N–H and O–H groups in total. The van der Waals surface area contributed by atoms with Gasteiger partial charge < -0.3 is 25.5 Å². The molecular weight excluding hydrogens is 726 g/mol. The van der Waals surface area contributed by atoms with Crippen LogP contribution in [0.1, 0.15) is 110 Å². The third kappa shape index (κ3) is 7.61. The standard InChI is InChI=1S/C43H46FN9O4/c1-22-29(23(2)49-41(56)39-52-42(57-53-39)43(3,4)5)12-13-32(36(22)44)37-35-31-11-10-27(20-33(31)50-38(35)48-21-47-37)45-16-17-46-28-18-26(19-28)24-6-8-25(9-7-24)30-14-15-34(54)51-40(30)55/h6-13,20-21,23,26,28,30,45-46H,14-19H2,1-5H3,(H,49,56)(H,47,48,50)(H,51,54,55)/t23-,26?,28?,30-/m1/s1. The van der Waals surface area contributed by atoms with Gasteiger partial charge in [0.25, 0.3) is 11.7 Å². The molecule has 3 amide bonds. The van der Waals surface area contributed by atoms with Crippen LogP contribution in [-0.2, 0) is 15.0 Å². The molecule has 1 saturated carbocycles. The summed E-state index contributed by atoms with van der Waals surface area (Å²) in [5, 5.41) is 17.9. The van der Waals surface area contributed by atoms with Crippen molar-refractivity contribution >= 4 is 45.3 Å². The van der Waals surface area contributed by atoms with Crippen molar-refractivity contribution in [2.75, 3.05) is 18.4 Å². The minimum absolute atomic E-state index is 0.0724. The Hall–Kier alpha value is -6.02. The number of piperidine rings is 1. The van der Waals surface area contributed by atoms with Crippen molar-refractivity contribution in [1.82, 2.24) is 41.0 Å². The van der Waals surface area contributed by atoms with Crippen LogP contribution >= 0.6 is 0 Å². The maximum Gasteiger partial charge on any atom is 0.293 e. The van der Waals surface area contributed by atoms with E-state index in [-0.39, 0.29) is 23.6 Å². The molecule has 4 heterocycles. The first-order valence-corrected chi connectivity index (χ1v) is 19.5. The summed E-state index contributed by atoms with van der Waals surface area (Å²) in [6.07, 6.45) is 4.49. The lowest BCUT2D eigenvalue weighted by Gasteiger charge is -2.36. The molecule has 2 atom stereocenters. The van der Waals surface area contributed by atoms with Gasteiger partial charge in [-0.2, -0.15) is 4.98 Å². The van der Waals surface area contributed by atoms with Crippen molar-refractivity contribution in [1.29, 1.82) is 0 Å². The number of hydrogen-bond donors (Lipinski definition) is 5. The molecular formula is C43H46FN9O4. The number of nitrogens with zero attached hydrogens (tertiary/aromatic N) is 4. The predicted molar refractivity (Wildman–Crippen MR) is 214 cm³/mol. The summed E-state index contributed by atoms with van der Waals surface area (Å²) in [5.74, 6) is -0.817. The minimum atomic E-state index is -0.527. The average molecular weight is 772 g/mol. The van der Waals surface area contributed by atoms with Gasteiger partial charge in [-0.3, -0.25) is 19.7 Å². The molecule has 14 heteroatoms. The second-order valence-corrected chi connectivity index (χ2v) is 16.3. The summed E-state index contributed by atoms with van der Waals surface area (Å²) in [6.45, 7) is 10.8. The number of halogens is 1. The molecule has 2 fully saturated rings. The highest BCUT2D eigenvalue weighted by molar-refractivity contribution is 6.12. The highest BCUT2D eigenvalue weighted by Gasteiger charge is 2.32. The van der Waals surface area contributed by atoms with E-state index < -0.39 is 23.2 Å². The monoisotopic (exact) mass is 771 g/mol. The van der Waals surface area contributed by atoms with Crippen molar-refractivity contribution in [3.8, 4) is 11.3 Å². The first-order valence-electron chi connectivity index (χ1n) is 19.5. The highest BCUT2D eigenvalue weighted by Crippen LogP contribution is 2.39. The topological polar surface area (TPSA) is 180 Å². The SMILES string of the molecule is Cc1c([C@@H](C)NC(=O)c2noc(C(C)(C)C)n2)ccc(-c2ncnc3[nH]c4cc(NCCNC5CC(c6ccc([C@H]7CCC(=O)NC7=O)cc6)C5)ccc4c23)c1F. The van der Waals surface area contributed by atoms with E-state index in [9.17, 15) is 14.4 Å². The molecule has 1 aliphatic carbocycles. The molecule has 57 heavy (non-hydrogen) atoms. The van der Waals surface area contributed by atoms with Crippen LogP contribution < -0.4 is 21.3 Å². The first-order chi connectivity index (χ1) is 27.3. The summed E-state index contributed by atoms with van der Waals surface area (Å²) in [5.41, 5.74) is 6.09. The van der Waals surface area contributed by atoms with Gasteiger partial charge >= 0.3 is 0 Å². The summed E-state index contributed by atoms with van der Waals surface area (Å²) >= 11 is 0. The van der Waals surface area contributed by atoms with Gasteiger partial charge in [-0.25, -0.2) is 14.4 Å². The normalized spacial score (nSPS) is 19.0. The molecule has 1 saturated heterocycles. The molecule has 0 unspecified atom stereocenters. The number of anilines is 1. The summed E-state index contributed by atoms with van der Waals surface area (Å²) in [6, 6.07) is 17.8. The molecule has 1 aliphatic heterocycles. The average Bonchev–Trinajstić information content (AvgIpc) is 3.82. The number of aromatic nitrogens is 5. The Labute approximate surface area is 329 Å².